The molecule has 1 aromatic carbocycles. The topological polar surface area (TPSA) is 81.4 Å². The molecule has 9 heteroatoms. The summed E-state index contributed by atoms with van der Waals surface area (Å²) in [7, 11) is -2.19. The van der Waals surface area contributed by atoms with Crippen molar-refractivity contribution in [3.63, 3.8) is 0 Å². The number of sulfonamides is 1. The first-order valence-corrected chi connectivity index (χ1v) is 9.60. The summed E-state index contributed by atoms with van der Waals surface area (Å²) in [6.45, 7) is 0.293. The minimum atomic E-state index is -3.71. The largest absolute Gasteiger partial charge is 0.497 e. The number of hydrogen-bond donors (Lipinski definition) is 2. The molecule has 0 bridgehead atoms. The van der Waals surface area contributed by atoms with Crippen LogP contribution in [0.2, 0.25) is 0 Å². The van der Waals surface area contributed by atoms with E-state index in [9.17, 15) is 8.42 Å². The Morgan fingerprint density at radius 3 is 2.62 bits per heavy atom. The molecule has 0 fully saturated rings. The minimum Gasteiger partial charge on any atom is -0.497 e. The molecular formula is C12H12Br2N2O3S2. The second-order valence-corrected chi connectivity index (χ2v) is 8.97. The van der Waals surface area contributed by atoms with E-state index in [1.165, 1.54) is 18.4 Å². The van der Waals surface area contributed by atoms with Gasteiger partial charge in [-0.1, -0.05) is 0 Å². The predicted molar refractivity (Wildman–Crippen MR) is 91.4 cm³/mol. The lowest BCUT2D eigenvalue weighted by Gasteiger charge is -2.10. The lowest BCUT2D eigenvalue weighted by molar-refractivity contribution is 0.415. The fourth-order valence-electron chi connectivity index (χ4n) is 1.59. The van der Waals surface area contributed by atoms with E-state index in [4.69, 9.17) is 10.5 Å². The Morgan fingerprint density at radius 1 is 1.33 bits per heavy atom. The zero-order valence-electron chi connectivity index (χ0n) is 10.9. The standard InChI is InChI=1S/C12H12Br2N2O3S2/c1-19-7-2-3-9(13)10(4-7)16-21(17,18)11-5-8(6-15)20-12(11)14/h2-5,16H,6,15H2,1H3. The number of nitrogens with two attached hydrogens (primary N) is 1. The SMILES string of the molecule is COc1ccc(Br)c(NS(=O)(=O)c2cc(CN)sc2Br)c1. The fraction of sp³-hybridized carbons (Fsp3) is 0.167. The van der Waals surface area contributed by atoms with Crippen LogP contribution in [0, 0.1) is 0 Å². The second kappa shape index (κ2) is 6.66. The third-order valence-corrected chi connectivity index (χ3v) is 6.95. The quantitative estimate of drug-likeness (QED) is 0.722. The summed E-state index contributed by atoms with van der Waals surface area (Å²) in [6, 6.07) is 6.61. The van der Waals surface area contributed by atoms with E-state index in [0.717, 1.165) is 4.88 Å². The van der Waals surface area contributed by atoms with Crippen LogP contribution in [-0.2, 0) is 16.6 Å². The molecule has 0 aliphatic rings. The predicted octanol–water partition coefficient (Wildman–Crippen LogP) is 3.54. The number of methoxy groups -OCH3 is 1. The van der Waals surface area contributed by atoms with Crippen LogP contribution in [0.5, 0.6) is 5.75 Å². The van der Waals surface area contributed by atoms with Gasteiger partial charge in [0.15, 0.2) is 0 Å². The molecule has 0 aliphatic carbocycles. The number of anilines is 1. The van der Waals surface area contributed by atoms with Crippen LogP contribution >= 0.6 is 43.2 Å². The first-order chi connectivity index (χ1) is 9.87. The number of nitrogens with one attached hydrogen (secondary N) is 1. The number of hydrogen-bond acceptors (Lipinski definition) is 5. The molecule has 2 rings (SSSR count). The summed E-state index contributed by atoms with van der Waals surface area (Å²) in [5.74, 6) is 0.558. The van der Waals surface area contributed by atoms with Gasteiger partial charge < -0.3 is 10.5 Å². The van der Waals surface area contributed by atoms with Crippen molar-refractivity contribution in [2.75, 3.05) is 11.8 Å². The van der Waals surface area contributed by atoms with Crippen LogP contribution in [-0.4, -0.2) is 15.5 Å². The van der Waals surface area contributed by atoms with Gasteiger partial charge in [-0.2, -0.15) is 0 Å². The van der Waals surface area contributed by atoms with Gasteiger partial charge in [-0.25, -0.2) is 8.42 Å². The average Bonchev–Trinajstić information content (AvgIpc) is 2.83. The molecular weight excluding hydrogens is 444 g/mol. The Bertz CT molecular complexity index is 760. The van der Waals surface area contributed by atoms with Crippen molar-refractivity contribution in [2.45, 2.75) is 11.4 Å². The van der Waals surface area contributed by atoms with Gasteiger partial charge in [0.25, 0.3) is 10.0 Å². The second-order valence-electron chi connectivity index (χ2n) is 4.01. The van der Waals surface area contributed by atoms with Crippen LogP contribution in [0.25, 0.3) is 0 Å². The monoisotopic (exact) mass is 454 g/mol. The molecule has 0 radical (unpaired) electrons. The molecule has 0 unspecified atom stereocenters. The fourth-order valence-corrected chi connectivity index (χ4v) is 5.70. The van der Waals surface area contributed by atoms with E-state index < -0.39 is 10.0 Å². The van der Waals surface area contributed by atoms with E-state index in [-0.39, 0.29) is 4.90 Å². The number of ether oxygens (including phenoxy) is 1. The van der Waals surface area contributed by atoms with Crippen LogP contribution < -0.4 is 15.2 Å². The van der Waals surface area contributed by atoms with Crippen molar-refractivity contribution < 1.29 is 13.2 Å². The number of rotatable bonds is 5. The van der Waals surface area contributed by atoms with E-state index in [1.807, 2.05) is 0 Å². The van der Waals surface area contributed by atoms with Gasteiger partial charge in [-0.15, -0.1) is 11.3 Å². The smallest absolute Gasteiger partial charge is 0.263 e. The highest BCUT2D eigenvalue weighted by molar-refractivity contribution is 9.11. The van der Waals surface area contributed by atoms with E-state index in [2.05, 4.69) is 36.6 Å². The molecule has 5 nitrogen and oxygen atoms in total. The zero-order valence-corrected chi connectivity index (χ0v) is 15.7. The molecule has 0 saturated carbocycles. The molecule has 114 valence electrons. The van der Waals surface area contributed by atoms with Gasteiger partial charge in [-0.05, 0) is 50.1 Å². The highest BCUT2D eigenvalue weighted by Crippen LogP contribution is 2.34. The van der Waals surface area contributed by atoms with Gasteiger partial charge in [0.1, 0.15) is 10.6 Å². The van der Waals surface area contributed by atoms with Crippen molar-refractivity contribution in [1.82, 2.24) is 0 Å². The lowest BCUT2D eigenvalue weighted by Crippen LogP contribution is -2.13. The highest BCUT2D eigenvalue weighted by atomic mass is 79.9. The van der Waals surface area contributed by atoms with Crippen molar-refractivity contribution >= 4 is 58.9 Å². The molecule has 2 aromatic rings. The third-order valence-electron chi connectivity index (χ3n) is 2.62. The summed E-state index contributed by atoms with van der Waals surface area (Å²) < 4.78 is 33.7. The Labute approximate surface area is 143 Å². The van der Waals surface area contributed by atoms with Crippen molar-refractivity contribution in [1.29, 1.82) is 0 Å². The Morgan fingerprint density at radius 2 is 2.05 bits per heavy atom. The average molecular weight is 456 g/mol. The van der Waals surface area contributed by atoms with Crippen molar-refractivity contribution in [3.05, 3.63) is 37.4 Å². The van der Waals surface area contributed by atoms with Crippen LogP contribution in [0.1, 0.15) is 4.88 Å². The minimum absolute atomic E-state index is 0.169. The van der Waals surface area contributed by atoms with Gasteiger partial charge in [0.05, 0.1) is 16.6 Å². The maximum Gasteiger partial charge on any atom is 0.263 e. The molecule has 0 spiro atoms. The first kappa shape index (κ1) is 16.8. The highest BCUT2D eigenvalue weighted by Gasteiger charge is 2.22. The maximum absolute atomic E-state index is 12.5. The van der Waals surface area contributed by atoms with Crippen LogP contribution in [0.15, 0.2) is 37.4 Å². The first-order valence-electron chi connectivity index (χ1n) is 5.72. The van der Waals surface area contributed by atoms with Crippen LogP contribution in [0.4, 0.5) is 5.69 Å². The molecule has 3 N–H and O–H groups in total. The lowest BCUT2D eigenvalue weighted by atomic mass is 10.3. The van der Waals surface area contributed by atoms with Crippen molar-refractivity contribution in [2.24, 2.45) is 5.73 Å². The summed E-state index contributed by atoms with van der Waals surface area (Å²) >= 11 is 7.87. The zero-order chi connectivity index (χ0) is 15.6. The van der Waals surface area contributed by atoms with Gasteiger partial charge in [-0.3, -0.25) is 4.72 Å². The Hall–Kier alpha value is -0.610. The Balaban J connectivity index is 2.39. The molecule has 0 amide bonds. The van der Waals surface area contributed by atoms with Crippen LogP contribution in [0.3, 0.4) is 0 Å². The summed E-state index contributed by atoms with van der Waals surface area (Å²) in [5.41, 5.74) is 5.94. The third kappa shape index (κ3) is 3.78. The summed E-state index contributed by atoms with van der Waals surface area (Å²) in [5, 5.41) is 0. The van der Waals surface area contributed by atoms with Gasteiger partial charge in [0, 0.05) is 22.0 Å². The number of benzene rings is 1. The van der Waals surface area contributed by atoms with E-state index in [1.54, 1.807) is 24.3 Å². The molecule has 0 aliphatic heterocycles. The normalized spacial score (nSPS) is 11.4. The molecule has 0 atom stereocenters. The summed E-state index contributed by atoms with van der Waals surface area (Å²) in [4.78, 5) is 0.953. The molecule has 21 heavy (non-hydrogen) atoms. The molecule has 1 heterocycles. The van der Waals surface area contributed by atoms with Gasteiger partial charge in [0.2, 0.25) is 0 Å². The number of halogens is 2. The Kier molecular flexibility index (Phi) is 5.31. The van der Waals surface area contributed by atoms with Gasteiger partial charge >= 0.3 is 0 Å². The maximum atomic E-state index is 12.5. The molecule has 0 saturated heterocycles. The summed E-state index contributed by atoms with van der Waals surface area (Å²) in [6.07, 6.45) is 0. The van der Waals surface area contributed by atoms with E-state index >= 15 is 0 Å². The van der Waals surface area contributed by atoms with Crippen molar-refractivity contribution in [3.8, 4) is 5.75 Å². The number of thiophene rings is 1. The molecule has 1 aromatic heterocycles. The van der Waals surface area contributed by atoms with E-state index in [0.29, 0.717) is 26.2 Å².